The van der Waals surface area contributed by atoms with Gasteiger partial charge in [0.25, 0.3) is 0 Å². The van der Waals surface area contributed by atoms with Gasteiger partial charge in [-0.3, -0.25) is 19.3 Å². The molecule has 164 valence electrons. The maximum Gasteiger partial charge on any atom is 0.233 e. The molecule has 1 N–H and O–H groups in total. The summed E-state index contributed by atoms with van der Waals surface area (Å²) in [6.07, 6.45) is 3.68. The molecule has 0 bridgehead atoms. The second-order valence-corrected chi connectivity index (χ2v) is 7.94. The van der Waals surface area contributed by atoms with Crippen molar-refractivity contribution in [1.29, 1.82) is 0 Å². The smallest absolute Gasteiger partial charge is 0.233 e. The first kappa shape index (κ1) is 22.1. The summed E-state index contributed by atoms with van der Waals surface area (Å²) in [5, 5.41) is 2.95. The van der Waals surface area contributed by atoms with E-state index in [0.29, 0.717) is 24.7 Å². The van der Waals surface area contributed by atoms with Crippen LogP contribution in [0.3, 0.4) is 0 Å². The fourth-order valence-electron chi connectivity index (χ4n) is 4.40. The van der Waals surface area contributed by atoms with E-state index in [2.05, 4.69) is 5.32 Å². The molecule has 30 heavy (non-hydrogen) atoms. The lowest BCUT2D eigenvalue weighted by atomic mass is 9.81. The van der Waals surface area contributed by atoms with Gasteiger partial charge in [-0.05, 0) is 51.3 Å². The SMILES string of the molecule is CCOc1ccc(C(C)NC(=O)CCN2C(=O)C3CCCCC3C2=O)cc1OCC. The van der Waals surface area contributed by atoms with E-state index in [1.54, 1.807) is 0 Å². The number of imide groups is 1. The lowest BCUT2D eigenvalue weighted by molar-refractivity contribution is -0.140. The van der Waals surface area contributed by atoms with Crippen molar-refractivity contribution in [3.05, 3.63) is 23.8 Å². The van der Waals surface area contributed by atoms with Gasteiger partial charge >= 0.3 is 0 Å². The lowest BCUT2D eigenvalue weighted by Crippen LogP contribution is -2.36. The predicted octanol–water partition coefficient (Wildman–Crippen LogP) is 3.23. The van der Waals surface area contributed by atoms with Gasteiger partial charge in [0.05, 0.1) is 31.1 Å². The van der Waals surface area contributed by atoms with Crippen molar-refractivity contribution in [2.24, 2.45) is 11.8 Å². The molecular formula is C23H32N2O5. The van der Waals surface area contributed by atoms with Crippen molar-refractivity contribution in [2.75, 3.05) is 19.8 Å². The minimum absolute atomic E-state index is 0.0987. The first-order valence-corrected chi connectivity index (χ1v) is 11.0. The highest BCUT2D eigenvalue weighted by molar-refractivity contribution is 6.05. The Hall–Kier alpha value is -2.57. The van der Waals surface area contributed by atoms with Gasteiger partial charge in [0, 0.05) is 13.0 Å². The molecule has 3 atom stereocenters. The summed E-state index contributed by atoms with van der Waals surface area (Å²) in [4.78, 5) is 38.9. The summed E-state index contributed by atoms with van der Waals surface area (Å²) >= 11 is 0. The van der Waals surface area contributed by atoms with Crippen molar-refractivity contribution in [3.8, 4) is 11.5 Å². The summed E-state index contributed by atoms with van der Waals surface area (Å²) < 4.78 is 11.2. The minimum atomic E-state index is -0.236. The van der Waals surface area contributed by atoms with E-state index < -0.39 is 0 Å². The van der Waals surface area contributed by atoms with Gasteiger partial charge in [-0.1, -0.05) is 18.9 Å². The highest BCUT2D eigenvalue weighted by Gasteiger charge is 2.47. The molecule has 7 heteroatoms. The number of likely N-dealkylation sites (tertiary alicyclic amines) is 1. The van der Waals surface area contributed by atoms with Crippen LogP contribution in [0.15, 0.2) is 18.2 Å². The Labute approximate surface area is 178 Å². The Bertz CT molecular complexity index is 770. The summed E-state index contributed by atoms with van der Waals surface area (Å²) in [6.45, 7) is 6.92. The zero-order valence-corrected chi connectivity index (χ0v) is 18.1. The van der Waals surface area contributed by atoms with Crippen LogP contribution in [0.1, 0.15) is 64.5 Å². The number of hydrogen-bond acceptors (Lipinski definition) is 5. The lowest BCUT2D eigenvalue weighted by Gasteiger charge is -2.19. The van der Waals surface area contributed by atoms with Crippen LogP contribution in [0, 0.1) is 11.8 Å². The van der Waals surface area contributed by atoms with Crippen LogP contribution in [-0.2, 0) is 14.4 Å². The quantitative estimate of drug-likeness (QED) is 0.625. The summed E-state index contributed by atoms with van der Waals surface area (Å²) in [6, 6.07) is 5.38. The Balaban J connectivity index is 1.56. The molecule has 0 radical (unpaired) electrons. The maximum atomic E-state index is 12.5. The Morgan fingerprint density at radius 3 is 2.27 bits per heavy atom. The predicted molar refractivity (Wildman–Crippen MR) is 112 cm³/mol. The van der Waals surface area contributed by atoms with E-state index in [0.717, 1.165) is 31.2 Å². The Morgan fingerprint density at radius 2 is 1.67 bits per heavy atom. The molecule has 0 aromatic heterocycles. The fraction of sp³-hybridized carbons (Fsp3) is 0.609. The van der Waals surface area contributed by atoms with Crippen molar-refractivity contribution in [1.82, 2.24) is 10.2 Å². The minimum Gasteiger partial charge on any atom is -0.490 e. The largest absolute Gasteiger partial charge is 0.490 e. The van der Waals surface area contributed by atoms with Crippen LogP contribution in [-0.4, -0.2) is 42.4 Å². The van der Waals surface area contributed by atoms with Crippen LogP contribution in [0.2, 0.25) is 0 Å². The van der Waals surface area contributed by atoms with E-state index >= 15 is 0 Å². The Morgan fingerprint density at radius 1 is 1.07 bits per heavy atom. The monoisotopic (exact) mass is 416 g/mol. The number of nitrogens with one attached hydrogen (secondary N) is 1. The normalized spacial score (nSPS) is 21.9. The molecular weight excluding hydrogens is 384 g/mol. The molecule has 1 aliphatic heterocycles. The number of rotatable bonds is 9. The summed E-state index contributed by atoms with van der Waals surface area (Å²) in [5.74, 6) is 0.591. The van der Waals surface area contributed by atoms with Gasteiger partial charge in [-0.25, -0.2) is 0 Å². The molecule has 1 saturated heterocycles. The third-order valence-corrected chi connectivity index (χ3v) is 5.94. The number of fused-ring (bicyclic) bond motifs is 1. The molecule has 1 heterocycles. The highest BCUT2D eigenvalue weighted by Crippen LogP contribution is 2.38. The molecule has 3 unspecified atom stereocenters. The molecule has 1 saturated carbocycles. The number of carbonyl (C=O) groups excluding carboxylic acids is 3. The van der Waals surface area contributed by atoms with E-state index in [9.17, 15) is 14.4 Å². The van der Waals surface area contributed by atoms with Crippen LogP contribution in [0.4, 0.5) is 0 Å². The van der Waals surface area contributed by atoms with Gasteiger partial charge in [-0.2, -0.15) is 0 Å². The number of nitrogens with zero attached hydrogens (tertiary/aromatic N) is 1. The van der Waals surface area contributed by atoms with Gasteiger partial charge in [0.2, 0.25) is 17.7 Å². The summed E-state index contributed by atoms with van der Waals surface area (Å²) in [5.41, 5.74) is 0.898. The van der Waals surface area contributed by atoms with Crippen molar-refractivity contribution in [2.45, 2.75) is 58.9 Å². The van der Waals surface area contributed by atoms with Crippen LogP contribution < -0.4 is 14.8 Å². The van der Waals surface area contributed by atoms with Gasteiger partial charge in [-0.15, -0.1) is 0 Å². The second-order valence-electron chi connectivity index (χ2n) is 7.94. The molecule has 0 spiro atoms. The molecule has 1 aromatic carbocycles. The van der Waals surface area contributed by atoms with Crippen LogP contribution >= 0.6 is 0 Å². The van der Waals surface area contributed by atoms with Crippen LogP contribution in [0.25, 0.3) is 0 Å². The van der Waals surface area contributed by atoms with Gasteiger partial charge in [0.1, 0.15) is 0 Å². The standard InChI is InChI=1S/C23H32N2O5/c1-4-29-19-11-10-16(14-20(19)30-5-2)15(3)24-21(26)12-13-25-22(27)17-8-6-7-9-18(17)23(25)28/h10-11,14-15,17-18H,4-9,12-13H2,1-3H3,(H,24,26). The third kappa shape index (κ3) is 4.77. The topological polar surface area (TPSA) is 84.9 Å². The first-order chi connectivity index (χ1) is 14.5. The molecule has 1 aromatic rings. The highest BCUT2D eigenvalue weighted by atomic mass is 16.5. The molecule has 2 fully saturated rings. The van der Waals surface area contributed by atoms with E-state index in [4.69, 9.17) is 9.47 Å². The molecule has 1 aliphatic carbocycles. The molecule has 3 amide bonds. The Kier molecular flexibility index (Phi) is 7.34. The van der Waals surface area contributed by atoms with Crippen molar-refractivity contribution < 1.29 is 23.9 Å². The second kappa shape index (κ2) is 9.96. The molecule has 2 aliphatic rings. The number of carbonyl (C=O) groups is 3. The fourth-order valence-corrected chi connectivity index (χ4v) is 4.40. The van der Waals surface area contributed by atoms with E-state index in [1.165, 1.54) is 4.90 Å². The third-order valence-electron chi connectivity index (χ3n) is 5.94. The zero-order chi connectivity index (χ0) is 21.7. The number of amides is 3. The van der Waals surface area contributed by atoms with E-state index in [1.807, 2.05) is 39.0 Å². The number of benzene rings is 1. The average Bonchev–Trinajstić information content (AvgIpc) is 2.98. The van der Waals surface area contributed by atoms with Gasteiger partial charge in [0.15, 0.2) is 11.5 Å². The van der Waals surface area contributed by atoms with Crippen molar-refractivity contribution >= 4 is 17.7 Å². The molecule has 3 rings (SSSR count). The number of hydrogen-bond donors (Lipinski definition) is 1. The first-order valence-electron chi connectivity index (χ1n) is 11.0. The average molecular weight is 417 g/mol. The zero-order valence-electron chi connectivity index (χ0n) is 18.1. The maximum absolute atomic E-state index is 12.5. The van der Waals surface area contributed by atoms with Crippen LogP contribution in [0.5, 0.6) is 11.5 Å². The molecule has 7 nitrogen and oxygen atoms in total. The van der Waals surface area contributed by atoms with Gasteiger partial charge < -0.3 is 14.8 Å². The summed E-state index contributed by atoms with van der Waals surface area (Å²) in [7, 11) is 0. The van der Waals surface area contributed by atoms with Crippen molar-refractivity contribution in [3.63, 3.8) is 0 Å². The number of ether oxygens (including phenoxy) is 2. The van der Waals surface area contributed by atoms with E-state index in [-0.39, 0.29) is 48.6 Å².